The smallest absolute Gasteiger partial charge is 0.191 e. The second kappa shape index (κ2) is 11.5. The molecule has 0 saturated heterocycles. The van der Waals surface area contributed by atoms with Gasteiger partial charge in [-0.05, 0) is 19.3 Å². The number of nitrogens with zero attached hydrogens (tertiary/aromatic N) is 1. The lowest BCUT2D eigenvalue weighted by Crippen LogP contribution is -2.37. The molecular formula is C13H27N3O. The van der Waals surface area contributed by atoms with Gasteiger partial charge in [-0.3, -0.25) is 4.99 Å². The predicted molar refractivity (Wildman–Crippen MR) is 74.5 cm³/mol. The van der Waals surface area contributed by atoms with Crippen LogP contribution in [0.15, 0.2) is 17.6 Å². The van der Waals surface area contributed by atoms with Crippen molar-refractivity contribution in [2.24, 2.45) is 10.9 Å². The number of hydrogen-bond donors (Lipinski definition) is 2. The second-order valence-corrected chi connectivity index (χ2v) is 4.23. The van der Waals surface area contributed by atoms with E-state index in [2.05, 4.69) is 36.1 Å². The SMILES string of the molecule is C=CCNC(=NCCOCCC(C)C)NCC. The molecule has 0 unspecified atom stereocenters. The molecule has 0 aromatic heterocycles. The summed E-state index contributed by atoms with van der Waals surface area (Å²) in [6.07, 6.45) is 2.92. The summed E-state index contributed by atoms with van der Waals surface area (Å²) >= 11 is 0. The summed E-state index contributed by atoms with van der Waals surface area (Å²) in [7, 11) is 0. The van der Waals surface area contributed by atoms with Crippen LogP contribution in [-0.2, 0) is 4.74 Å². The summed E-state index contributed by atoms with van der Waals surface area (Å²) in [6, 6.07) is 0. The van der Waals surface area contributed by atoms with Gasteiger partial charge in [-0.15, -0.1) is 6.58 Å². The van der Waals surface area contributed by atoms with E-state index in [0.717, 1.165) is 32.1 Å². The summed E-state index contributed by atoms with van der Waals surface area (Å²) < 4.78 is 5.49. The highest BCUT2D eigenvalue weighted by Gasteiger charge is 1.95. The molecule has 0 aromatic rings. The summed E-state index contributed by atoms with van der Waals surface area (Å²) in [4.78, 5) is 4.39. The van der Waals surface area contributed by atoms with Crippen LogP contribution in [0.4, 0.5) is 0 Å². The normalized spacial score (nSPS) is 11.6. The van der Waals surface area contributed by atoms with E-state index in [1.165, 1.54) is 0 Å². The Kier molecular flexibility index (Phi) is 10.8. The summed E-state index contributed by atoms with van der Waals surface area (Å²) in [5.74, 6) is 1.52. The van der Waals surface area contributed by atoms with E-state index in [1.54, 1.807) is 0 Å². The molecule has 0 amide bonds. The zero-order chi connectivity index (χ0) is 12.9. The zero-order valence-corrected chi connectivity index (χ0v) is 11.5. The van der Waals surface area contributed by atoms with Crippen molar-refractivity contribution < 1.29 is 4.74 Å². The van der Waals surface area contributed by atoms with Crippen LogP contribution in [0.2, 0.25) is 0 Å². The first-order valence-corrected chi connectivity index (χ1v) is 6.41. The van der Waals surface area contributed by atoms with Crippen LogP contribution in [0.3, 0.4) is 0 Å². The minimum Gasteiger partial charge on any atom is -0.380 e. The van der Waals surface area contributed by atoms with Gasteiger partial charge >= 0.3 is 0 Å². The number of guanidine groups is 1. The number of hydrogen-bond acceptors (Lipinski definition) is 2. The molecule has 0 heterocycles. The molecule has 0 radical (unpaired) electrons. The Morgan fingerprint density at radius 2 is 2.12 bits per heavy atom. The van der Waals surface area contributed by atoms with Crippen LogP contribution in [0.1, 0.15) is 27.2 Å². The van der Waals surface area contributed by atoms with Crippen LogP contribution in [0.5, 0.6) is 0 Å². The van der Waals surface area contributed by atoms with Gasteiger partial charge in [-0.1, -0.05) is 19.9 Å². The van der Waals surface area contributed by atoms with E-state index in [9.17, 15) is 0 Å². The fourth-order valence-corrected chi connectivity index (χ4v) is 1.15. The van der Waals surface area contributed by atoms with Gasteiger partial charge in [0.1, 0.15) is 0 Å². The minimum atomic E-state index is 0.678. The van der Waals surface area contributed by atoms with Crippen LogP contribution in [0, 0.1) is 5.92 Å². The van der Waals surface area contributed by atoms with Crippen molar-refractivity contribution in [3.05, 3.63) is 12.7 Å². The van der Waals surface area contributed by atoms with E-state index < -0.39 is 0 Å². The van der Waals surface area contributed by atoms with E-state index in [0.29, 0.717) is 19.1 Å². The Bertz CT molecular complexity index is 215. The van der Waals surface area contributed by atoms with Gasteiger partial charge in [0.2, 0.25) is 0 Å². The van der Waals surface area contributed by atoms with E-state index in [4.69, 9.17) is 4.74 Å². The van der Waals surface area contributed by atoms with Crippen molar-refractivity contribution in [3.8, 4) is 0 Å². The monoisotopic (exact) mass is 241 g/mol. The molecule has 0 fully saturated rings. The number of aliphatic imine (C=N–C) groups is 1. The van der Waals surface area contributed by atoms with Crippen molar-refractivity contribution >= 4 is 5.96 Å². The third-order valence-electron chi connectivity index (χ3n) is 2.10. The third kappa shape index (κ3) is 11.2. The first-order valence-electron chi connectivity index (χ1n) is 6.41. The Morgan fingerprint density at radius 1 is 1.35 bits per heavy atom. The molecule has 0 saturated carbocycles. The molecule has 0 aliphatic rings. The van der Waals surface area contributed by atoms with Crippen molar-refractivity contribution in [2.75, 3.05) is 32.8 Å². The van der Waals surface area contributed by atoms with Crippen molar-refractivity contribution in [1.29, 1.82) is 0 Å². The average Bonchev–Trinajstić information content (AvgIpc) is 2.29. The van der Waals surface area contributed by atoms with Crippen LogP contribution >= 0.6 is 0 Å². The maximum atomic E-state index is 5.49. The molecule has 100 valence electrons. The van der Waals surface area contributed by atoms with Gasteiger partial charge in [-0.2, -0.15) is 0 Å². The number of rotatable bonds is 9. The molecule has 0 rings (SSSR count). The Labute approximate surface area is 106 Å². The first kappa shape index (κ1) is 16.0. The molecule has 0 aliphatic carbocycles. The molecule has 0 spiro atoms. The quantitative estimate of drug-likeness (QED) is 0.280. The molecule has 0 aromatic carbocycles. The highest BCUT2D eigenvalue weighted by Crippen LogP contribution is 1.98. The van der Waals surface area contributed by atoms with Gasteiger partial charge < -0.3 is 15.4 Å². The van der Waals surface area contributed by atoms with Crippen molar-refractivity contribution in [1.82, 2.24) is 10.6 Å². The standard InChI is InChI=1S/C13H27N3O/c1-5-8-15-13(14-6-2)16-9-11-17-10-7-12(3)4/h5,12H,1,6-11H2,2-4H3,(H2,14,15,16). The van der Waals surface area contributed by atoms with E-state index in [-0.39, 0.29) is 0 Å². The number of ether oxygens (including phenoxy) is 1. The van der Waals surface area contributed by atoms with Crippen LogP contribution in [-0.4, -0.2) is 38.8 Å². The van der Waals surface area contributed by atoms with Gasteiger partial charge in [0.15, 0.2) is 5.96 Å². The average molecular weight is 241 g/mol. The fourth-order valence-electron chi connectivity index (χ4n) is 1.15. The molecule has 0 atom stereocenters. The van der Waals surface area contributed by atoms with E-state index >= 15 is 0 Å². The maximum absolute atomic E-state index is 5.49. The fraction of sp³-hybridized carbons (Fsp3) is 0.769. The molecule has 2 N–H and O–H groups in total. The third-order valence-corrected chi connectivity index (χ3v) is 2.10. The summed E-state index contributed by atoms with van der Waals surface area (Å²) in [6.45, 7) is 13.9. The highest BCUT2D eigenvalue weighted by atomic mass is 16.5. The van der Waals surface area contributed by atoms with Gasteiger partial charge in [0.25, 0.3) is 0 Å². The van der Waals surface area contributed by atoms with Gasteiger partial charge in [-0.25, -0.2) is 0 Å². The molecule has 4 heteroatoms. The summed E-state index contributed by atoms with van der Waals surface area (Å²) in [5, 5.41) is 6.31. The lowest BCUT2D eigenvalue weighted by molar-refractivity contribution is 0.130. The van der Waals surface area contributed by atoms with Crippen LogP contribution in [0.25, 0.3) is 0 Å². The molecule has 4 nitrogen and oxygen atoms in total. The topological polar surface area (TPSA) is 45.7 Å². The zero-order valence-electron chi connectivity index (χ0n) is 11.5. The molecular weight excluding hydrogens is 214 g/mol. The lowest BCUT2D eigenvalue weighted by Gasteiger charge is -2.09. The van der Waals surface area contributed by atoms with Gasteiger partial charge in [0, 0.05) is 19.7 Å². The first-order chi connectivity index (χ1) is 8.20. The Hall–Kier alpha value is -1.03. The highest BCUT2D eigenvalue weighted by molar-refractivity contribution is 5.79. The van der Waals surface area contributed by atoms with E-state index in [1.807, 2.05) is 13.0 Å². The Morgan fingerprint density at radius 3 is 2.71 bits per heavy atom. The lowest BCUT2D eigenvalue weighted by atomic mass is 10.1. The maximum Gasteiger partial charge on any atom is 0.191 e. The Balaban J connectivity index is 3.64. The molecule has 17 heavy (non-hydrogen) atoms. The molecule has 0 aliphatic heterocycles. The minimum absolute atomic E-state index is 0.678. The van der Waals surface area contributed by atoms with Crippen molar-refractivity contribution in [3.63, 3.8) is 0 Å². The van der Waals surface area contributed by atoms with Crippen molar-refractivity contribution in [2.45, 2.75) is 27.2 Å². The second-order valence-electron chi connectivity index (χ2n) is 4.23. The molecule has 0 bridgehead atoms. The largest absolute Gasteiger partial charge is 0.380 e. The summed E-state index contributed by atoms with van der Waals surface area (Å²) in [5.41, 5.74) is 0. The predicted octanol–water partition coefficient (Wildman–Crippen LogP) is 1.79. The number of nitrogens with one attached hydrogen (secondary N) is 2. The van der Waals surface area contributed by atoms with Gasteiger partial charge in [0.05, 0.1) is 13.2 Å². The van der Waals surface area contributed by atoms with Crippen LogP contribution < -0.4 is 10.6 Å².